The Kier molecular flexibility index (Phi) is 5.60. The number of rotatable bonds is 3. The van der Waals surface area contributed by atoms with Gasteiger partial charge >= 0.3 is 0 Å². The molecule has 2 aliphatic heterocycles. The highest BCUT2D eigenvalue weighted by Gasteiger charge is 2.38. The van der Waals surface area contributed by atoms with Gasteiger partial charge in [0.1, 0.15) is 0 Å². The highest BCUT2D eigenvalue weighted by Crippen LogP contribution is 2.35. The van der Waals surface area contributed by atoms with E-state index in [-0.39, 0.29) is 6.71 Å². The first-order valence-electron chi connectivity index (χ1n) is 14.8. The maximum atomic E-state index is 2.47. The van der Waals surface area contributed by atoms with Crippen molar-refractivity contribution in [1.82, 2.24) is 0 Å². The molecule has 0 aliphatic carbocycles. The van der Waals surface area contributed by atoms with Crippen LogP contribution in [0.4, 0.5) is 0 Å². The van der Waals surface area contributed by atoms with Gasteiger partial charge in [-0.15, -0.1) is 0 Å². The quantitative estimate of drug-likeness (QED) is 0.207. The molecule has 0 saturated carbocycles. The molecule has 1 heteroatoms. The average Bonchev–Trinajstić information content (AvgIpc) is 3.24. The Morgan fingerprint density at radius 2 is 0.927 bits per heavy atom. The monoisotopic (exact) mass is 522 g/mol. The highest BCUT2D eigenvalue weighted by atomic mass is 14.3. The van der Waals surface area contributed by atoms with E-state index in [2.05, 4.69) is 141 Å². The summed E-state index contributed by atoms with van der Waals surface area (Å²) < 4.78 is 0. The fourth-order valence-corrected chi connectivity index (χ4v) is 7.03. The molecule has 0 atom stereocenters. The van der Waals surface area contributed by atoms with Crippen LogP contribution in [0.5, 0.6) is 0 Å². The molecular formula is C40H31B. The summed E-state index contributed by atoms with van der Waals surface area (Å²) in [6.45, 7) is 4.58. The minimum absolute atomic E-state index is 0.274. The van der Waals surface area contributed by atoms with Gasteiger partial charge in [0.25, 0.3) is 0 Å². The van der Waals surface area contributed by atoms with Crippen molar-refractivity contribution in [1.29, 1.82) is 0 Å². The molecule has 0 saturated heterocycles. The predicted molar refractivity (Wildman–Crippen MR) is 176 cm³/mol. The lowest BCUT2D eigenvalue weighted by molar-refractivity contribution is 0.978. The smallest absolute Gasteiger partial charge is 0.0661 e. The molecule has 0 radical (unpaired) electrons. The number of hydrogen-bond donors (Lipinski definition) is 0. The third kappa shape index (κ3) is 4.07. The molecule has 0 fully saturated rings. The topological polar surface area (TPSA) is 0 Å². The van der Waals surface area contributed by atoms with Crippen molar-refractivity contribution >= 4 is 23.1 Å². The SMILES string of the molecule is Cc1ccc(-c2ccc3c(c2)CCc2cc(-c4ccccc4)cc4c2B3c2ccc(-c3ccc(C)cc3)cc2-4)cc1. The second kappa shape index (κ2) is 9.49. The molecule has 0 aromatic heterocycles. The summed E-state index contributed by atoms with van der Waals surface area (Å²) in [5, 5.41) is 0. The van der Waals surface area contributed by atoms with Crippen molar-refractivity contribution in [3.63, 3.8) is 0 Å². The van der Waals surface area contributed by atoms with Crippen LogP contribution in [0.25, 0.3) is 44.5 Å². The van der Waals surface area contributed by atoms with Gasteiger partial charge in [-0.3, -0.25) is 0 Å². The molecule has 41 heavy (non-hydrogen) atoms. The summed E-state index contributed by atoms with van der Waals surface area (Å²) in [5.41, 5.74) is 20.6. The van der Waals surface area contributed by atoms with Crippen LogP contribution in [0.3, 0.4) is 0 Å². The second-order valence-electron chi connectivity index (χ2n) is 11.8. The molecule has 2 heterocycles. The summed E-state index contributed by atoms with van der Waals surface area (Å²) >= 11 is 0. The zero-order chi connectivity index (χ0) is 27.5. The summed E-state index contributed by atoms with van der Waals surface area (Å²) in [4.78, 5) is 0. The largest absolute Gasteiger partial charge is 0.243 e. The normalized spacial score (nSPS) is 12.9. The van der Waals surface area contributed by atoms with E-state index in [4.69, 9.17) is 0 Å². The van der Waals surface area contributed by atoms with E-state index in [1.807, 2.05) is 0 Å². The molecular weight excluding hydrogens is 491 g/mol. The maximum absolute atomic E-state index is 2.47. The first kappa shape index (κ1) is 24.2. The van der Waals surface area contributed by atoms with E-state index >= 15 is 0 Å². The van der Waals surface area contributed by atoms with Gasteiger partial charge in [-0.25, -0.2) is 0 Å². The fourth-order valence-electron chi connectivity index (χ4n) is 7.03. The van der Waals surface area contributed by atoms with Crippen molar-refractivity contribution < 1.29 is 0 Å². The van der Waals surface area contributed by atoms with E-state index in [1.165, 1.54) is 83.1 Å². The lowest BCUT2D eigenvalue weighted by atomic mass is 9.38. The van der Waals surface area contributed by atoms with Gasteiger partial charge < -0.3 is 0 Å². The number of hydrogen-bond acceptors (Lipinski definition) is 0. The Labute approximate surface area is 243 Å². The van der Waals surface area contributed by atoms with Crippen molar-refractivity contribution in [3.05, 3.63) is 150 Å². The third-order valence-electron chi connectivity index (χ3n) is 9.20. The first-order chi connectivity index (χ1) is 20.1. The van der Waals surface area contributed by atoms with Crippen LogP contribution in [0.15, 0.2) is 127 Å². The van der Waals surface area contributed by atoms with Crippen molar-refractivity contribution in [3.8, 4) is 44.5 Å². The molecule has 6 aromatic rings. The van der Waals surface area contributed by atoms with Crippen LogP contribution in [0.1, 0.15) is 22.3 Å². The van der Waals surface area contributed by atoms with Gasteiger partial charge in [-0.05, 0) is 83.3 Å². The van der Waals surface area contributed by atoms with E-state index in [9.17, 15) is 0 Å². The molecule has 0 spiro atoms. The molecule has 0 nitrogen and oxygen atoms in total. The van der Waals surface area contributed by atoms with Crippen LogP contribution >= 0.6 is 0 Å². The fraction of sp³-hybridized carbons (Fsp3) is 0.100. The molecule has 0 bridgehead atoms. The van der Waals surface area contributed by atoms with E-state index in [0.29, 0.717) is 0 Å². The number of benzene rings is 6. The average molecular weight is 523 g/mol. The Hall–Kier alpha value is -4.62. The van der Waals surface area contributed by atoms with Gasteiger partial charge in [0.2, 0.25) is 6.71 Å². The van der Waals surface area contributed by atoms with Gasteiger partial charge in [-0.2, -0.15) is 0 Å². The van der Waals surface area contributed by atoms with Gasteiger partial charge in [-0.1, -0.05) is 154 Å². The maximum Gasteiger partial charge on any atom is 0.243 e. The Balaban J connectivity index is 1.33. The minimum atomic E-state index is 0.274. The molecule has 2 aliphatic rings. The Morgan fingerprint density at radius 3 is 1.61 bits per heavy atom. The van der Waals surface area contributed by atoms with Gasteiger partial charge in [0.15, 0.2) is 0 Å². The lowest BCUT2D eigenvalue weighted by Gasteiger charge is -2.16. The molecule has 0 unspecified atom stereocenters. The van der Waals surface area contributed by atoms with Crippen molar-refractivity contribution in [2.24, 2.45) is 0 Å². The van der Waals surface area contributed by atoms with E-state index in [1.54, 1.807) is 0 Å². The second-order valence-corrected chi connectivity index (χ2v) is 11.8. The predicted octanol–water partition coefficient (Wildman–Crippen LogP) is 7.90. The van der Waals surface area contributed by atoms with Crippen LogP contribution in [-0.2, 0) is 12.8 Å². The molecule has 8 rings (SSSR count). The zero-order valence-electron chi connectivity index (χ0n) is 23.6. The summed E-state index contributed by atoms with van der Waals surface area (Å²) in [5.74, 6) is 0. The minimum Gasteiger partial charge on any atom is -0.0661 e. The Morgan fingerprint density at radius 1 is 0.415 bits per heavy atom. The van der Waals surface area contributed by atoms with Crippen LogP contribution in [0.2, 0.25) is 0 Å². The summed E-state index contributed by atoms with van der Waals surface area (Å²) in [7, 11) is 0. The van der Waals surface area contributed by atoms with Crippen LogP contribution in [-0.4, -0.2) is 6.71 Å². The van der Waals surface area contributed by atoms with Gasteiger partial charge in [0.05, 0.1) is 0 Å². The first-order valence-corrected chi connectivity index (χ1v) is 14.8. The van der Waals surface area contributed by atoms with E-state index in [0.717, 1.165) is 12.8 Å². The lowest BCUT2D eigenvalue weighted by Crippen LogP contribution is -2.50. The molecule has 194 valence electrons. The highest BCUT2D eigenvalue weighted by molar-refractivity contribution is 6.99. The number of aryl methyl sites for hydroxylation is 4. The van der Waals surface area contributed by atoms with Crippen molar-refractivity contribution in [2.75, 3.05) is 0 Å². The van der Waals surface area contributed by atoms with E-state index < -0.39 is 0 Å². The third-order valence-corrected chi connectivity index (χ3v) is 9.20. The zero-order valence-corrected chi connectivity index (χ0v) is 23.6. The van der Waals surface area contributed by atoms with Gasteiger partial charge in [0, 0.05) is 0 Å². The summed E-state index contributed by atoms with van der Waals surface area (Å²) in [6, 6.07) is 48.1. The van der Waals surface area contributed by atoms with Crippen molar-refractivity contribution in [2.45, 2.75) is 26.7 Å². The molecule has 0 amide bonds. The molecule has 0 N–H and O–H groups in total. The number of fused-ring (bicyclic) bond motifs is 5. The van der Waals surface area contributed by atoms with Crippen LogP contribution in [0, 0.1) is 13.8 Å². The van der Waals surface area contributed by atoms with Crippen LogP contribution < -0.4 is 16.4 Å². The summed E-state index contributed by atoms with van der Waals surface area (Å²) in [6.07, 6.45) is 2.12. The molecule has 6 aromatic carbocycles. The Bertz CT molecular complexity index is 1930. The standard InChI is InChI=1S/C40H31B/c1-26-8-12-29(13-9-26)31-18-20-38-33(22-31)16-17-34-23-35(28-6-4-3-5-7-28)25-37-36-24-32(30-14-10-27(2)11-15-30)19-21-39(36)41(38)40(34)37/h3-15,18-25H,16-17H2,1-2H3.